The second-order valence-corrected chi connectivity index (χ2v) is 6.90. The summed E-state index contributed by atoms with van der Waals surface area (Å²) in [7, 11) is -3.39. The molecular weight excluding hydrogens is 268 g/mol. The third-order valence-electron chi connectivity index (χ3n) is 1.96. The molecule has 0 radical (unpaired) electrons. The van der Waals surface area contributed by atoms with Gasteiger partial charge in [0, 0.05) is 10.6 Å². The molecule has 7 heteroatoms. The summed E-state index contributed by atoms with van der Waals surface area (Å²) in [5.41, 5.74) is 0.373. The van der Waals surface area contributed by atoms with Gasteiger partial charge in [0.05, 0.1) is 5.25 Å². The summed E-state index contributed by atoms with van der Waals surface area (Å²) in [6.45, 7) is 3.12. The Morgan fingerprint density at radius 2 is 1.71 bits per heavy atom. The molecule has 0 atom stereocenters. The molecule has 1 aromatic carbocycles. The molecule has 1 N–H and O–H groups in total. The van der Waals surface area contributed by atoms with Crippen LogP contribution in [0, 0.1) is 0 Å². The number of rotatable bonds is 5. The molecule has 0 aliphatic rings. The maximum absolute atomic E-state index is 12.0. The fraction of sp³-hybridized carbons (Fsp3) is 0.400. The summed E-state index contributed by atoms with van der Waals surface area (Å²) in [4.78, 5) is 0.396. The van der Waals surface area contributed by atoms with Crippen molar-refractivity contribution in [1.29, 1.82) is 0 Å². The van der Waals surface area contributed by atoms with Crippen LogP contribution in [0.5, 0.6) is 0 Å². The van der Waals surface area contributed by atoms with Gasteiger partial charge in [-0.2, -0.15) is 8.78 Å². The highest BCUT2D eigenvalue weighted by Gasteiger charge is 2.15. The summed E-state index contributed by atoms with van der Waals surface area (Å²) < 4.78 is 49.5. The highest BCUT2D eigenvalue weighted by Crippen LogP contribution is 2.26. The van der Waals surface area contributed by atoms with Crippen molar-refractivity contribution in [3.8, 4) is 0 Å². The second kappa shape index (κ2) is 5.68. The average Bonchev–Trinajstić information content (AvgIpc) is 2.19. The molecule has 0 aliphatic heterocycles. The monoisotopic (exact) mass is 281 g/mol. The first-order valence-electron chi connectivity index (χ1n) is 4.88. The van der Waals surface area contributed by atoms with Gasteiger partial charge in [-0.15, -0.1) is 0 Å². The van der Waals surface area contributed by atoms with Crippen molar-refractivity contribution in [1.82, 2.24) is 0 Å². The van der Waals surface area contributed by atoms with Crippen molar-refractivity contribution in [3.63, 3.8) is 0 Å². The molecule has 0 fully saturated rings. The fourth-order valence-corrected chi connectivity index (χ4v) is 2.19. The van der Waals surface area contributed by atoms with Gasteiger partial charge >= 0.3 is 0 Å². The summed E-state index contributed by atoms with van der Waals surface area (Å²) >= 11 is 0.421. The van der Waals surface area contributed by atoms with Crippen LogP contribution in [0.4, 0.5) is 14.5 Å². The van der Waals surface area contributed by atoms with E-state index in [4.69, 9.17) is 0 Å². The number of hydrogen-bond acceptors (Lipinski definition) is 3. The number of hydrogen-bond donors (Lipinski definition) is 1. The molecule has 96 valence electrons. The van der Waals surface area contributed by atoms with Crippen molar-refractivity contribution < 1.29 is 17.2 Å². The standard InChI is InChI=1S/C10H13F2NO2S2/c1-7(2)17(14,15)13-8-3-5-9(6-4-8)16-10(11)12/h3-7,10,13H,1-2H3. The molecule has 0 spiro atoms. The Balaban J connectivity index is 2.76. The third-order valence-corrected chi connectivity index (χ3v) is 4.44. The van der Waals surface area contributed by atoms with E-state index >= 15 is 0 Å². The van der Waals surface area contributed by atoms with E-state index in [2.05, 4.69) is 4.72 Å². The van der Waals surface area contributed by atoms with Gasteiger partial charge in [-0.1, -0.05) is 11.8 Å². The largest absolute Gasteiger partial charge is 0.288 e. The van der Waals surface area contributed by atoms with E-state index in [1.807, 2.05) is 0 Å². The van der Waals surface area contributed by atoms with E-state index in [1.54, 1.807) is 13.8 Å². The molecule has 0 saturated carbocycles. The second-order valence-electron chi connectivity index (χ2n) is 3.60. The van der Waals surface area contributed by atoms with E-state index < -0.39 is 21.0 Å². The van der Waals surface area contributed by atoms with Crippen LogP contribution in [0.3, 0.4) is 0 Å². The number of alkyl halides is 2. The molecule has 0 bridgehead atoms. The van der Waals surface area contributed by atoms with Gasteiger partial charge in [0.15, 0.2) is 0 Å². The van der Waals surface area contributed by atoms with Gasteiger partial charge in [0.1, 0.15) is 0 Å². The van der Waals surface area contributed by atoms with Crippen LogP contribution in [-0.2, 0) is 10.0 Å². The topological polar surface area (TPSA) is 46.2 Å². The molecule has 0 amide bonds. The smallest absolute Gasteiger partial charge is 0.283 e. The minimum Gasteiger partial charge on any atom is -0.283 e. The van der Waals surface area contributed by atoms with Gasteiger partial charge in [0.2, 0.25) is 10.0 Å². The van der Waals surface area contributed by atoms with Crippen molar-refractivity contribution in [2.45, 2.75) is 29.8 Å². The Hall–Kier alpha value is -0.820. The highest BCUT2D eigenvalue weighted by molar-refractivity contribution is 7.99. The van der Waals surface area contributed by atoms with Crippen molar-refractivity contribution >= 4 is 27.5 Å². The molecule has 0 aliphatic carbocycles. The van der Waals surface area contributed by atoms with Crippen LogP contribution >= 0.6 is 11.8 Å². The van der Waals surface area contributed by atoms with Crippen LogP contribution in [0.2, 0.25) is 0 Å². The maximum Gasteiger partial charge on any atom is 0.288 e. The summed E-state index contributed by atoms with van der Waals surface area (Å²) in [6, 6.07) is 5.83. The number of nitrogens with one attached hydrogen (secondary N) is 1. The lowest BCUT2D eigenvalue weighted by Gasteiger charge is -2.10. The van der Waals surface area contributed by atoms with Crippen molar-refractivity contribution in [2.75, 3.05) is 4.72 Å². The first-order valence-corrected chi connectivity index (χ1v) is 7.30. The van der Waals surface area contributed by atoms with Gasteiger partial charge in [-0.3, -0.25) is 4.72 Å². The summed E-state index contributed by atoms with van der Waals surface area (Å²) in [6.07, 6.45) is 0. The fourth-order valence-electron chi connectivity index (χ4n) is 0.987. The first-order chi connectivity index (χ1) is 7.81. The van der Waals surface area contributed by atoms with Crippen molar-refractivity contribution in [2.24, 2.45) is 0 Å². The van der Waals surface area contributed by atoms with Crippen LogP contribution in [-0.4, -0.2) is 19.4 Å². The van der Waals surface area contributed by atoms with Crippen LogP contribution < -0.4 is 4.72 Å². The zero-order valence-electron chi connectivity index (χ0n) is 9.35. The number of thioether (sulfide) groups is 1. The molecule has 1 rings (SSSR count). The minimum absolute atomic E-state index is 0.373. The predicted molar refractivity (Wildman–Crippen MR) is 66.0 cm³/mol. The lowest BCUT2D eigenvalue weighted by Crippen LogP contribution is -2.22. The molecule has 0 aromatic heterocycles. The van der Waals surface area contributed by atoms with E-state index in [9.17, 15) is 17.2 Å². The Morgan fingerprint density at radius 3 is 2.12 bits per heavy atom. The zero-order chi connectivity index (χ0) is 13.1. The normalized spacial score (nSPS) is 12.1. The number of anilines is 1. The quantitative estimate of drug-likeness (QED) is 0.843. The number of sulfonamides is 1. The Labute approximate surface area is 104 Å². The summed E-state index contributed by atoms with van der Waals surface area (Å²) in [5, 5.41) is -0.544. The van der Waals surface area contributed by atoms with E-state index in [0.29, 0.717) is 22.3 Å². The van der Waals surface area contributed by atoms with Crippen LogP contribution in [0.15, 0.2) is 29.2 Å². The van der Waals surface area contributed by atoms with Crippen LogP contribution in [0.1, 0.15) is 13.8 Å². The van der Waals surface area contributed by atoms with Gasteiger partial charge < -0.3 is 0 Å². The van der Waals surface area contributed by atoms with Gasteiger partial charge in [-0.25, -0.2) is 8.42 Å². The maximum atomic E-state index is 12.0. The van der Waals surface area contributed by atoms with E-state index in [1.165, 1.54) is 24.3 Å². The van der Waals surface area contributed by atoms with E-state index in [-0.39, 0.29) is 0 Å². The van der Waals surface area contributed by atoms with E-state index in [0.717, 1.165) is 0 Å². The molecule has 0 heterocycles. The molecular formula is C10H13F2NO2S2. The molecule has 0 saturated heterocycles. The molecule has 17 heavy (non-hydrogen) atoms. The minimum atomic E-state index is -3.39. The molecule has 1 aromatic rings. The predicted octanol–water partition coefficient (Wildman–Crippen LogP) is 3.15. The SMILES string of the molecule is CC(C)S(=O)(=O)Nc1ccc(SC(F)F)cc1. The van der Waals surface area contributed by atoms with Crippen LogP contribution in [0.25, 0.3) is 0 Å². The molecule has 3 nitrogen and oxygen atoms in total. The lowest BCUT2D eigenvalue weighted by atomic mass is 10.3. The van der Waals surface area contributed by atoms with Gasteiger partial charge in [-0.05, 0) is 38.1 Å². The molecule has 0 unspecified atom stereocenters. The number of benzene rings is 1. The Kier molecular flexibility index (Phi) is 4.76. The number of halogens is 2. The third kappa shape index (κ3) is 4.51. The average molecular weight is 281 g/mol. The Morgan fingerprint density at radius 1 is 1.18 bits per heavy atom. The zero-order valence-corrected chi connectivity index (χ0v) is 11.0. The summed E-state index contributed by atoms with van der Waals surface area (Å²) in [5.74, 6) is -2.48. The van der Waals surface area contributed by atoms with Crippen molar-refractivity contribution in [3.05, 3.63) is 24.3 Å². The first kappa shape index (κ1) is 14.2. The Bertz CT molecular complexity index is 458. The highest BCUT2D eigenvalue weighted by atomic mass is 32.2. The van der Waals surface area contributed by atoms with Gasteiger partial charge in [0.25, 0.3) is 5.76 Å². The lowest BCUT2D eigenvalue weighted by molar-refractivity contribution is 0.252.